The molecule has 2 aromatic carbocycles. The van der Waals surface area contributed by atoms with Gasteiger partial charge in [-0.1, -0.05) is 43.0 Å². The van der Waals surface area contributed by atoms with Crippen LogP contribution in [-0.4, -0.2) is 33.7 Å². The quantitative estimate of drug-likeness (QED) is 0.501. The molecule has 0 atom stereocenters. The molecular weight excluding hydrogens is 451 g/mol. The van der Waals surface area contributed by atoms with Crippen LogP contribution in [0.4, 0.5) is 10.1 Å². The molecule has 2 aliphatic rings. The number of ether oxygens (including phenoxy) is 1. The molecule has 32 heavy (non-hydrogen) atoms. The standard InChI is InChI=1S/C24H24ClFN2O3S/c1-2-31-20-13-15(12-17(25)22(20)29)14-21-23(30)28(16-8-4-3-5-9-16)24(32-21)27-19-11-7-6-10-18(19)26/h6-7,10-14,16,29H,2-5,8-9H2,1H3/b21-14-,27-24?. The maximum Gasteiger partial charge on any atom is 0.267 e. The van der Waals surface area contributed by atoms with Crippen molar-refractivity contribution in [2.24, 2.45) is 4.99 Å². The van der Waals surface area contributed by atoms with Gasteiger partial charge in [0, 0.05) is 6.04 Å². The third-order valence-corrected chi connectivity index (χ3v) is 6.76. The Bertz CT molecular complexity index is 1080. The molecule has 0 aromatic heterocycles. The fraction of sp³-hybridized carbons (Fsp3) is 0.333. The Morgan fingerprint density at radius 2 is 2.03 bits per heavy atom. The zero-order chi connectivity index (χ0) is 22.7. The number of hydrogen-bond donors (Lipinski definition) is 1. The topological polar surface area (TPSA) is 62.1 Å². The number of phenols is 1. The van der Waals surface area contributed by atoms with Gasteiger partial charge in [-0.2, -0.15) is 0 Å². The fourth-order valence-corrected chi connectivity index (χ4v) is 5.24. The van der Waals surface area contributed by atoms with E-state index < -0.39 is 5.82 Å². The first-order valence-corrected chi connectivity index (χ1v) is 11.9. The van der Waals surface area contributed by atoms with E-state index in [2.05, 4.69) is 4.99 Å². The Balaban J connectivity index is 1.73. The molecule has 2 fully saturated rings. The minimum atomic E-state index is -0.430. The van der Waals surface area contributed by atoms with Gasteiger partial charge in [0.2, 0.25) is 0 Å². The predicted molar refractivity (Wildman–Crippen MR) is 127 cm³/mol. The number of carbonyl (C=O) groups is 1. The van der Waals surface area contributed by atoms with Crippen LogP contribution in [0.3, 0.4) is 0 Å². The lowest BCUT2D eigenvalue weighted by Crippen LogP contribution is -2.40. The van der Waals surface area contributed by atoms with Crippen LogP contribution in [0.5, 0.6) is 11.5 Å². The summed E-state index contributed by atoms with van der Waals surface area (Å²) in [5.41, 5.74) is 0.832. The van der Waals surface area contributed by atoms with E-state index in [1.807, 2.05) is 6.92 Å². The van der Waals surface area contributed by atoms with Crippen molar-refractivity contribution in [2.45, 2.75) is 45.1 Å². The third kappa shape index (κ3) is 4.79. The van der Waals surface area contributed by atoms with Gasteiger partial charge in [0.05, 0.1) is 16.5 Å². The van der Waals surface area contributed by atoms with Crippen molar-refractivity contribution < 1.29 is 19.0 Å². The molecule has 0 spiro atoms. The normalized spacial score (nSPS) is 19.8. The monoisotopic (exact) mass is 474 g/mol. The summed E-state index contributed by atoms with van der Waals surface area (Å²) in [7, 11) is 0. The average Bonchev–Trinajstić information content (AvgIpc) is 3.08. The Hall–Kier alpha value is -2.51. The SMILES string of the molecule is CCOc1cc(/C=C2\SC(=Nc3ccccc3F)N(C3CCCCC3)C2=O)cc(Cl)c1O. The summed E-state index contributed by atoms with van der Waals surface area (Å²) in [5, 5.41) is 10.7. The number of thioether (sulfide) groups is 1. The van der Waals surface area contributed by atoms with Crippen LogP contribution in [0.2, 0.25) is 5.02 Å². The second kappa shape index (κ2) is 9.96. The van der Waals surface area contributed by atoms with E-state index in [4.69, 9.17) is 16.3 Å². The largest absolute Gasteiger partial charge is 0.503 e. The van der Waals surface area contributed by atoms with Crippen molar-refractivity contribution in [3.05, 3.63) is 57.7 Å². The zero-order valence-electron chi connectivity index (χ0n) is 17.7. The molecule has 1 heterocycles. The van der Waals surface area contributed by atoms with Gasteiger partial charge in [-0.25, -0.2) is 9.38 Å². The number of aromatic hydroxyl groups is 1. The highest BCUT2D eigenvalue weighted by atomic mass is 35.5. The highest BCUT2D eigenvalue weighted by Gasteiger charge is 2.38. The minimum absolute atomic E-state index is 0.0440. The maximum absolute atomic E-state index is 14.3. The highest BCUT2D eigenvalue weighted by Crippen LogP contribution is 2.41. The zero-order valence-corrected chi connectivity index (χ0v) is 19.3. The van der Waals surface area contributed by atoms with Crippen molar-refractivity contribution in [1.82, 2.24) is 4.90 Å². The van der Waals surface area contributed by atoms with E-state index in [1.54, 1.807) is 41.3 Å². The molecule has 2 aromatic rings. The summed E-state index contributed by atoms with van der Waals surface area (Å²) >= 11 is 7.38. The van der Waals surface area contributed by atoms with Crippen molar-refractivity contribution in [3.8, 4) is 11.5 Å². The first kappa shape index (κ1) is 22.7. The number of halogens is 2. The molecule has 1 saturated carbocycles. The van der Waals surface area contributed by atoms with E-state index in [-0.39, 0.29) is 34.2 Å². The van der Waals surface area contributed by atoms with Crippen LogP contribution in [0, 0.1) is 5.82 Å². The number of rotatable bonds is 5. The summed E-state index contributed by atoms with van der Waals surface area (Å²) in [5.74, 6) is -0.460. The number of benzene rings is 2. The van der Waals surface area contributed by atoms with Crippen LogP contribution in [0.25, 0.3) is 6.08 Å². The predicted octanol–water partition coefficient (Wildman–Crippen LogP) is 6.52. The molecular formula is C24H24ClFN2O3S. The fourth-order valence-electron chi connectivity index (χ4n) is 3.97. The molecule has 1 amide bonds. The van der Waals surface area contributed by atoms with Crippen LogP contribution < -0.4 is 4.74 Å². The number of amidine groups is 1. The average molecular weight is 475 g/mol. The molecule has 0 bridgehead atoms. The van der Waals surface area contributed by atoms with Crippen molar-refractivity contribution in [3.63, 3.8) is 0 Å². The third-order valence-electron chi connectivity index (χ3n) is 5.49. The molecule has 168 valence electrons. The van der Waals surface area contributed by atoms with E-state index >= 15 is 0 Å². The van der Waals surface area contributed by atoms with Gasteiger partial charge in [-0.05, 0) is 67.4 Å². The lowest BCUT2D eigenvalue weighted by atomic mass is 9.94. The molecule has 1 aliphatic heterocycles. The number of para-hydroxylation sites is 1. The molecule has 1 saturated heterocycles. The number of amides is 1. The summed E-state index contributed by atoms with van der Waals surface area (Å²) in [6.07, 6.45) is 6.76. The number of phenolic OH excluding ortho intramolecular Hbond substituents is 1. The minimum Gasteiger partial charge on any atom is -0.503 e. The van der Waals surface area contributed by atoms with Crippen molar-refractivity contribution >= 4 is 46.2 Å². The summed E-state index contributed by atoms with van der Waals surface area (Å²) in [6, 6.07) is 9.56. The number of carbonyl (C=O) groups excluding carboxylic acids is 1. The molecule has 0 unspecified atom stereocenters. The Morgan fingerprint density at radius 1 is 1.28 bits per heavy atom. The van der Waals surface area contributed by atoms with Crippen LogP contribution in [-0.2, 0) is 4.79 Å². The number of nitrogens with zero attached hydrogens (tertiary/aromatic N) is 2. The van der Waals surface area contributed by atoms with Gasteiger partial charge in [0.15, 0.2) is 16.7 Å². The molecule has 8 heteroatoms. The lowest BCUT2D eigenvalue weighted by molar-refractivity contribution is -0.124. The van der Waals surface area contributed by atoms with Crippen molar-refractivity contribution in [1.29, 1.82) is 0 Å². The van der Waals surface area contributed by atoms with Gasteiger partial charge in [0.1, 0.15) is 11.5 Å². The molecule has 5 nitrogen and oxygen atoms in total. The van der Waals surface area contributed by atoms with Crippen molar-refractivity contribution in [2.75, 3.05) is 6.61 Å². The summed E-state index contributed by atoms with van der Waals surface area (Å²) < 4.78 is 19.7. The Morgan fingerprint density at radius 3 is 2.75 bits per heavy atom. The summed E-state index contributed by atoms with van der Waals surface area (Å²) in [4.78, 5) is 20.1. The van der Waals surface area contributed by atoms with Crippen LogP contribution in [0.15, 0.2) is 46.3 Å². The number of aliphatic imine (C=N–C) groups is 1. The van der Waals surface area contributed by atoms with E-state index in [0.717, 1.165) is 32.1 Å². The highest BCUT2D eigenvalue weighted by molar-refractivity contribution is 8.18. The first-order valence-electron chi connectivity index (χ1n) is 10.7. The first-order chi connectivity index (χ1) is 15.5. The van der Waals surface area contributed by atoms with Gasteiger partial charge in [-0.15, -0.1) is 0 Å². The second-order valence-electron chi connectivity index (χ2n) is 7.71. The van der Waals surface area contributed by atoms with Gasteiger partial charge in [0.25, 0.3) is 5.91 Å². The molecule has 1 aliphatic carbocycles. The molecule has 0 radical (unpaired) electrons. The molecule has 1 N–H and O–H groups in total. The summed E-state index contributed by atoms with van der Waals surface area (Å²) in [6.45, 7) is 2.18. The van der Waals surface area contributed by atoms with E-state index in [9.17, 15) is 14.3 Å². The maximum atomic E-state index is 14.3. The van der Waals surface area contributed by atoms with Crippen LogP contribution in [0.1, 0.15) is 44.6 Å². The Kier molecular flexibility index (Phi) is 7.06. The lowest BCUT2D eigenvalue weighted by Gasteiger charge is -2.30. The Labute approximate surface area is 195 Å². The van der Waals surface area contributed by atoms with Gasteiger partial charge in [-0.3, -0.25) is 9.69 Å². The van der Waals surface area contributed by atoms with Gasteiger partial charge >= 0.3 is 0 Å². The van der Waals surface area contributed by atoms with E-state index in [1.165, 1.54) is 17.8 Å². The van der Waals surface area contributed by atoms with Gasteiger partial charge < -0.3 is 9.84 Å². The smallest absolute Gasteiger partial charge is 0.267 e. The number of hydrogen-bond acceptors (Lipinski definition) is 5. The van der Waals surface area contributed by atoms with E-state index in [0.29, 0.717) is 22.2 Å². The van der Waals surface area contributed by atoms with Crippen LogP contribution >= 0.6 is 23.4 Å². The second-order valence-corrected chi connectivity index (χ2v) is 9.12. The molecule has 4 rings (SSSR count).